The zero-order chi connectivity index (χ0) is 18.9. The Labute approximate surface area is 157 Å². The normalized spacial score (nSPS) is 36.4. The SMILES string of the molecule is C[C@@H](O)[C@H]1[NH2+][C@]2(C(=O)Nc3ccccc32)[C@@H]2C(=O)N(C3CCCC3)C(=O)[C@H]12. The van der Waals surface area contributed by atoms with Gasteiger partial charge in [-0.05, 0) is 25.8 Å². The number of nitrogens with two attached hydrogens (primary N) is 1. The molecule has 3 amide bonds. The van der Waals surface area contributed by atoms with Gasteiger partial charge in [-0.2, -0.15) is 0 Å². The van der Waals surface area contributed by atoms with E-state index < -0.39 is 29.5 Å². The fourth-order valence-corrected chi connectivity index (χ4v) is 5.83. The summed E-state index contributed by atoms with van der Waals surface area (Å²) in [5, 5.41) is 15.0. The van der Waals surface area contributed by atoms with Crippen LogP contribution in [0.3, 0.4) is 0 Å². The van der Waals surface area contributed by atoms with E-state index in [1.807, 2.05) is 24.3 Å². The van der Waals surface area contributed by atoms with Crippen molar-refractivity contribution in [2.24, 2.45) is 11.8 Å². The maximum Gasteiger partial charge on any atom is 0.291 e. The number of carbonyl (C=O) groups is 3. The first-order valence-electron chi connectivity index (χ1n) is 9.79. The minimum atomic E-state index is -1.18. The van der Waals surface area contributed by atoms with Crippen molar-refractivity contribution in [2.75, 3.05) is 5.32 Å². The molecule has 1 aromatic rings. The van der Waals surface area contributed by atoms with E-state index in [0.717, 1.165) is 31.2 Å². The molecular weight excluding hydrogens is 346 g/mol. The number of aliphatic hydroxyl groups is 1. The Morgan fingerprint density at radius 1 is 1.19 bits per heavy atom. The van der Waals surface area contributed by atoms with Gasteiger partial charge >= 0.3 is 0 Å². The van der Waals surface area contributed by atoms with Gasteiger partial charge in [0, 0.05) is 11.6 Å². The van der Waals surface area contributed by atoms with Gasteiger partial charge in [0.1, 0.15) is 24.0 Å². The summed E-state index contributed by atoms with van der Waals surface area (Å²) in [4.78, 5) is 41.4. The lowest BCUT2D eigenvalue weighted by Gasteiger charge is -2.29. The van der Waals surface area contributed by atoms with Crippen molar-refractivity contribution in [1.82, 2.24) is 4.90 Å². The molecule has 5 atom stereocenters. The Morgan fingerprint density at radius 2 is 1.89 bits per heavy atom. The molecule has 0 unspecified atom stereocenters. The summed E-state index contributed by atoms with van der Waals surface area (Å²) in [7, 11) is 0. The van der Waals surface area contributed by atoms with Crippen LogP contribution in [-0.2, 0) is 19.9 Å². The zero-order valence-corrected chi connectivity index (χ0v) is 15.2. The van der Waals surface area contributed by atoms with Crippen LogP contribution in [0.2, 0.25) is 0 Å². The first-order chi connectivity index (χ1) is 13.0. The van der Waals surface area contributed by atoms with Crippen LogP contribution in [0.4, 0.5) is 5.69 Å². The molecule has 0 bridgehead atoms. The molecule has 1 saturated carbocycles. The highest BCUT2D eigenvalue weighted by atomic mass is 16.3. The molecule has 3 aliphatic heterocycles. The summed E-state index contributed by atoms with van der Waals surface area (Å²) in [6.45, 7) is 1.63. The highest BCUT2D eigenvalue weighted by Gasteiger charge is 2.75. The van der Waals surface area contributed by atoms with Gasteiger partial charge in [0.25, 0.3) is 5.91 Å². The van der Waals surface area contributed by atoms with Gasteiger partial charge < -0.3 is 15.7 Å². The van der Waals surface area contributed by atoms with Gasteiger partial charge in [0.2, 0.25) is 17.4 Å². The van der Waals surface area contributed by atoms with Crippen molar-refractivity contribution >= 4 is 23.4 Å². The lowest BCUT2D eigenvalue weighted by molar-refractivity contribution is -0.738. The molecule has 0 aromatic heterocycles. The molecule has 1 aliphatic carbocycles. The lowest BCUT2D eigenvalue weighted by Crippen LogP contribution is -3.00. The van der Waals surface area contributed by atoms with E-state index >= 15 is 0 Å². The first kappa shape index (κ1) is 16.9. The third-order valence-electron chi connectivity index (χ3n) is 6.99. The van der Waals surface area contributed by atoms with Crippen molar-refractivity contribution in [3.05, 3.63) is 29.8 Å². The van der Waals surface area contributed by atoms with Crippen molar-refractivity contribution in [3.63, 3.8) is 0 Å². The number of para-hydroxylation sites is 1. The number of imide groups is 1. The molecule has 2 saturated heterocycles. The second-order valence-electron chi connectivity index (χ2n) is 8.34. The second kappa shape index (κ2) is 5.62. The molecule has 7 nitrogen and oxygen atoms in total. The van der Waals surface area contributed by atoms with Crippen LogP contribution >= 0.6 is 0 Å². The number of carbonyl (C=O) groups excluding carboxylic acids is 3. The molecule has 0 radical (unpaired) electrons. The summed E-state index contributed by atoms with van der Waals surface area (Å²) in [6, 6.07) is 6.76. The van der Waals surface area contributed by atoms with Crippen LogP contribution in [-0.4, -0.2) is 45.9 Å². The number of nitrogens with one attached hydrogen (secondary N) is 1. The number of nitrogens with zero attached hydrogens (tertiary/aromatic N) is 1. The quantitative estimate of drug-likeness (QED) is 0.622. The molecular formula is C20H24N3O4+. The zero-order valence-electron chi connectivity index (χ0n) is 15.2. The van der Waals surface area contributed by atoms with Crippen molar-refractivity contribution < 1.29 is 24.8 Å². The molecule has 5 rings (SSSR count). The second-order valence-corrected chi connectivity index (χ2v) is 8.34. The monoisotopic (exact) mass is 370 g/mol. The summed E-state index contributed by atoms with van der Waals surface area (Å²) in [5.41, 5.74) is 0.245. The van der Waals surface area contributed by atoms with Crippen LogP contribution in [0.25, 0.3) is 0 Å². The van der Waals surface area contributed by atoms with Crippen LogP contribution in [0.15, 0.2) is 24.3 Å². The van der Waals surface area contributed by atoms with Gasteiger partial charge in [0.05, 0.1) is 5.69 Å². The van der Waals surface area contributed by atoms with Gasteiger partial charge in [-0.1, -0.05) is 31.0 Å². The van der Waals surface area contributed by atoms with Crippen molar-refractivity contribution in [3.8, 4) is 0 Å². The van der Waals surface area contributed by atoms with Crippen LogP contribution in [0.1, 0.15) is 38.2 Å². The lowest BCUT2D eigenvalue weighted by atomic mass is 9.76. The largest absolute Gasteiger partial charge is 0.387 e. The predicted octanol–water partition coefficient (Wildman–Crippen LogP) is -0.296. The molecule has 4 aliphatic rings. The average Bonchev–Trinajstić information content (AvgIpc) is 3.37. The topological polar surface area (TPSA) is 103 Å². The van der Waals surface area contributed by atoms with Gasteiger partial charge in [-0.15, -0.1) is 0 Å². The summed E-state index contributed by atoms with van der Waals surface area (Å²) in [6.07, 6.45) is 2.87. The maximum absolute atomic E-state index is 13.5. The van der Waals surface area contributed by atoms with Gasteiger partial charge in [-0.3, -0.25) is 19.3 Å². The summed E-state index contributed by atoms with van der Waals surface area (Å²) in [5.74, 6) is -2.17. The molecule has 3 fully saturated rings. The van der Waals surface area contributed by atoms with E-state index in [1.165, 1.54) is 4.90 Å². The number of fused-ring (bicyclic) bond motifs is 4. The highest BCUT2D eigenvalue weighted by Crippen LogP contribution is 2.50. The molecule has 27 heavy (non-hydrogen) atoms. The summed E-state index contributed by atoms with van der Waals surface area (Å²) < 4.78 is 0. The summed E-state index contributed by atoms with van der Waals surface area (Å²) >= 11 is 0. The number of rotatable bonds is 2. The van der Waals surface area contributed by atoms with Crippen LogP contribution < -0.4 is 10.6 Å². The van der Waals surface area contributed by atoms with E-state index in [-0.39, 0.29) is 23.8 Å². The van der Waals surface area contributed by atoms with E-state index in [4.69, 9.17) is 0 Å². The Morgan fingerprint density at radius 3 is 2.59 bits per heavy atom. The highest BCUT2D eigenvalue weighted by molar-refractivity contribution is 6.14. The van der Waals surface area contributed by atoms with E-state index in [0.29, 0.717) is 5.69 Å². The molecule has 1 aromatic carbocycles. The molecule has 3 heterocycles. The number of aliphatic hydroxyl groups excluding tert-OH is 1. The van der Waals surface area contributed by atoms with E-state index in [1.54, 1.807) is 12.2 Å². The third-order valence-corrected chi connectivity index (χ3v) is 6.99. The van der Waals surface area contributed by atoms with E-state index in [9.17, 15) is 19.5 Å². The smallest absolute Gasteiger partial charge is 0.291 e. The molecule has 142 valence electrons. The fourth-order valence-electron chi connectivity index (χ4n) is 5.83. The van der Waals surface area contributed by atoms with Crippen molar-refractivity contribution in [2.45, 2.75) is 56.3 Å². The Balaban J connectivity index is 1.66. The number of quaternary nitrogens is 1. The number of anilines is 1. The third kappa shape index (κ3) is 2.01. The minimum absolute atomic E-state index is 0.0676. The predicted molar refractivity (Wildman–Crippen MR) is 95.2 cm³/mol. The molecule has 1 spiro atoms. The Hall–Kier alpha value is -2.25. The number of benzene rings is 1. The standard InChI is InChI=1S/C20H23N3O4/c1-10(24)16-14-15(18(26)23(17(14)25)11-6-2-3-7-11)20(22-16)12-8-4-5-9-13(12)21-19(20)27/h4-5,8-11,14-16,22,24H,2-3,6-7H2,1H3,(H,21,27)/p+1/t10-,14+,15+,16-,20+/m1/s1. The van der Waals surface area contributed by atoms with Gasteiger partial charge in [-0.25, -0.2) is 0 Å². The molecule has 4 N–H and O–H groups in total. The van der Waals surface area contributed by atoms with Crippen LogP contribution in [0.5, 0.6) is 0 Å². The first-order valence-corrected chi connectivity index (χ1v) is 9.79. The maximum atomic E-state index is 13.5. The van der Waals surface area contributed by atoms with Crippen molar-refractivity contribution in [1.29, 1.82) is 0 Å². The Kier molecular flexibility index (Phi) is 3.52. The fraction of sp³-hybridized carbons (Fsp3) is 0.550. The van der Waals surface area contributed by atoms with Crippen LogP contribution in [0, 0.1) is 11.8 Å². The molecule has 7 heteroatoms. The average molecular weight is 370 g/mol. The van der Waals surface area contributed by atoms with Gasteiger partial charge in [0.15, 0.2) is 0 Å². The number of hydrogen-bond acceptors (Lipinski definition) is 4. The number of likely N-dealkylation sites (tertiary alicyclic amines) is 1. The minimum Gasteiger partial charge on any atom is -0.387 e. The number of hydrogen-bond donors (Lipinski definition) is 3. The Bertz CT molecular complexity index is 847. The van der Waals surface area contributed by atoms with E-state index in [2.05, 4.69) is 5.32 Å². The number of amides is 3.